The highest BCUT2D eigenvalue weighted by Crippen LogP contribution is 2.32. The van der Waals surface area contributed by atoms with Crippen molar-refractivity contribution in [2.45, 2.75) is 6.18 Å². The van der Waals surface area contributed by atoms with E-state index in [9.17, 15) is 18.0 Å². The number of anilines is 1. The summed E-state index contributed by atoms with van der Waals surface area (Å²) in [5.74, 6) is -0.0803. The van der Waals surface area contributed by atoms with Crippen molar-refractivity contribution in [3.8, 4) is 0 Å². The third-order valence-corrected chi connectivity index (χ3v) is 1.98. The zero-order valence-electron chi connectivity index (χ0n) is 8.52. The summed E-state index contributed by atoms with van der Waals surface area (Å²) in [6.45, 7) is 0. The molecule has 0 fully saturated rings. The zero-order valence-corrected chi connectivity index (χ0v) is 9.28. The fourth-order valence-corrected chi connectivity index (χ4v) is 1.08. The van der Waals surface area contributed by atoms with Crippen molar-refractivity contribution in [3.63, 3.8) is 0 Å². The number of rotatable bonds is 2. The third-order valence-electron chi connectivity index (χ3n) is 1.69. The Kier molecular flexibility index (Phi) is 4.00. The maximum Gasteiger partial charge on any atom is 0.417 e. The van der Waals surface area contributed by atoms with E-state index in [4.69, 9.17) is 11.6 Å². The van der Waals surface area contributed by atoms with E-state index in [1.807, 2.05) is 0 Å². The van der Waals surface area contributed by atoms with Crippen molar-refractivity contribution in [2.24, 2.45) is 0 Å². The average molecular weight is 269 g/mol. The van der Waals surface area contributed by atoms with E-state index >= 15 is 0 Å². The molecule has 0 spiro atoms. The summed E-state index contributed by atoms with van der Waals surface area (Å²) >= 11 is 5.57. The minimum absolute atomic E-state index is 0.0803. The van der Waals surface area contributed by atoms with Gasteiger partial charge in [0.1, 0.15) is 0 Å². The number of pyridine rings is 1. The Morgan fingerprint density at radius 3 is 2.59 bits per heavy atom. The number of hydrogen-bond acceptors (Lipinski definition) is 3. The Bertz CT molecular complexity index is 424. The van der Waals surface area contributed by atoms with Crippen LogP contribution in [-0.2, 0) is 6.18 Å². The van der Waals surface area contributed by atoms with E-state index in [1.165, 1.54) is 7.05 Å². The van der Waals surface area contributed by atoms with Crippen LogP contribution in [0.25, 0.3) is 0 Å². The van der Waals surface area contributed by atoms with Gasteiger partial charge in [0.15, 0.2) is 5.82 Å². The van der Waals surface area contributed by atoms with Crippen LogP contribution >= 0.6 is 11.6 Å². The van der Waals surface area contributed by atoms with Crippen LogP contribution in [-0.4, -0.2) is 18.1 Å². The van der Waals surface area contributed by atoms with Gasteiger partial charge in [-0.2, -0.15) is 13.2 Å². The van der Waals surface area contributed by atoms with Crippen LogP contribution in [0.4, 0.5) is 23.8 Å². The van der Waals surface area contributed by atoms with Gasteiger partial charge in [0.2, 0.25) is 0 Å². The molecule has 0 unspecified atom stereocenters. The number of carbonyl (C=O) groups is 1. The second-order valence-corrected chi connectivity index (χ2v) is 3.29. The quantitative estimate of drug-likeness (QED) is 0.719. The number of halogens is 4. The fraction of sp³-hybridized carbons (Fsp3) is 0.250. The molecule has 2 amide bonds. The van der Waals surface area contributed by atoms with Gasteiger partial charge < -0.3 is 5.32 Å². The summed E-state index contributed by atoms with van der Waals surface area (Å²) in [7, 11) is 1.37. The number of nitrogens with zero attached hydrogens (tertiary/aromatic N) is 1. The van der Waals surface area contributed by atoms with Crippen molar-refractivity contribution in [2.75, 3.05) is 12.5 Å². The molecular weight excluding hydrogens is 261 g/mol. The van der Waals surface area contributed by atoms with Crippen molar-refractivity contribution in [3.05, 3.63) is 22.8 Å². The standard InChI is InChI=1S/C8H8ClF3N4O/c1-13-7(17)16-15-6-5(9)2-4(3-14-6)8(10,11)12/h2-3H,1H3,(H,14,15)(H2,13,16,17). The first-order valence-corrected chi connectivity index (χ1v) is 4.69. The smallest absolute Gasteiger partial charge is 0.340 e. The number of carbonyl (C=O) groups excluding carboxylic acids is 1. The topological polar surface area (TPSA) is 66.1 Å². The Morgan fingerprint density at radius 2 is 2.12 bits per heavy atom. The molecule has 1 aromatic rings. The van der Waals surface area contributed by atoms with Crippen LogP contribution in [0.2, 0.25) is 5.02 Å². The molecule has 1 heterocycles. The molecule has 0 saturated heterocycles. The molecule has 0 aliphatic rings. The van der Waals surface area contributed by atoms with E-state index in [0.717, 1.165) is 0 Å². The van der Waals surface area contributed by atoms with Gasteiger partial charge >= 0.3 is 12.2 Å². The van der Waals surface area contributed by atoms with Gasteiger partial charge in [-0.3, -0.25) is 10.9 Å². The largest absolute Gasteiger partial charge is 0.417 e. The van der Waals surface area contributed by atoms with Gasteiger partial charge in [0.25, 0.3) is 0 Å². The Balaban J connectivity index is 2.80. The van der Waals surface area contributed by atoms with Gasteiger partial charge in [-0.1, -0.05) is 11.6 Å². The van der Waals surface area contributed by atoms with Crippen LogP contribution in [0.15, 0.2) is 12.3 Å². The number of hydrogen-bond donors (Lipinski definition) is 3. The molecule has 0 atom stereocenters. The van der Waals surface area contributed by atoms with Crippen LogP contribution < -0.4 is 16.2 Å². The summed E-state index contributed by atoms with van der Waals surface area (Å²) < 4.78 is 36.8. The highest BCUT2D eigenvalue weighted by Gasteiger charge is 2.31. The third kappa shape index (κ3) is 3.66. The maximum atomic E-state index is 12.3. The van der Waals surface area contributed by atoms with Crippen molar-refractivity contribution in [1.29, 1.82) is 0 Å². The summed E-state index contributed by atoms with van der Waals surface area (Å²) in [6.07, 6.45) is -3.90. The summed E-state index contributed by atoms with van der Waals surface area (Å²) in [5.41, 5.74) is 3.42. The molecule has 5 nitrogen and oxygen atoms in total. The molecule has 9 heteroatoms. The lowest BCUT2D eigenvalue weighted by Crippen LogP contribution is -2.37. The van der Waals surface area contributed by atoms with Crippen molar-refractivity contribution in [1.82, 2.24) is 15.7 Å². The maximum absolute atomic E-state index is 12.3. The minimum Gasteiger partial charge on any atom is -0.340 e. The first-order chi connectivity index (χ1) is 7.84. The summed E-state index contributed by atoms with van der Waals surface area (Å²) in [6, 6.07) is 0.130. The minimum atomic E-state index is -4.51. The van der Waals surface area contributed by atoms with E-state index < -0.39 is 17.8 Å². The normalized spacial score (nSPS) is 10.9. The molecule has 0 aliphatic heterocycles. The lowest BCUT2D eigenvalue weighted by atomic mass is 10.3. The number of urea groups is 1. The molecule has 1 aromatic heterocycles. The number of aromatic nitrogens is 1. The molecule has 0 aliphatic carbocycles. The summed E-state index contributed by atoms with van der Waals surface area (Å²) in [5, 5.41) is 1.97. The van der Waals surface area contributed by atoms with Crippen molar-refractivity contribution < 1.29 is 18.0 Å². The Hall–Kier alpha value is -1.70. The molecule has 1 rings (SSSR count). The average Bonchev–Trinajstić information content (AvgIpc) is 2.25. The predicted molar refractivity (Wildman–Crippen MR) is 55.5 cm³/mol. The van der Waals surface area contributed by atoms with Crippen molar-refractivity contribution >= 4 is 23.4 Å². The Morgan fingerprint density at radius 1 is 1.47 bits per heavy atom. The number of amides is 2. The highest BCUT2D eigenvalue weighted by atomic mass is 35.5. The number of nitrogens with one attached hydrogen (secondary N) is 3. The van der Waals surface area contributed by atoms with Crippen LogP contribution in [0.5, 0.6) is 0 Å². The van der Waals surface area contributed by atoms with Gasteiger partial charge in [-0.05, 0) is 6.07 Å². The van der Waals surface area contributed by atoms with E-state index in [2.05, 4.69) is 21.2 Å². The molecule has 0 bridgehead atoms. The van der Waals surface area contributed by atoms with Gasteiger partial charge in [-0.15, -0.1) is 0 Å². The van der Waals surface area contributed by atoms with Gasteiger partial charge in [0, 0.05) is 13.2 Å². The monoisotopic (exact) mass is 268 g/mol. The van der Waals surface area contributed by atoms with Crippen LogP contribution in [0.3, 0.4) is 0 Å². The molecule has 17 heavy (non-hydrogen) atoms. The Labute approximate surface area is 99.3 Å². The first-order valence-electron chi connectivity index (χ1n) is 4.31. The molecule has 3 N–H and O–H groups in total. The molecule has 0 saturated carbocycles. The second-order valence-electron chi connectivity index (χ2n) is 2.88. The van der Waals surface area contributed by atoms with Gasteiger partial charge in [-0.25, -0.2) is 9.78 Å². The SMILES string of the molecule is CNC(=O)NNc1ncc(C(F)(F)F)cc1Cl. The lowest BCUT2D eigenvalue weighted by Gasteiger charge is -2.11. The second kappa shape index (κ2) is 5.09. The summed E-state index contributed by atoms with van der Waals surface area (Å²) in [4.78, 5) is 14.2. The van der Waals surface area contributed by atoms with Crippen LogP contribution in [0.1, 0.15) is 5.56 Å². The van der Waals surface area contributed by atoms with E-state index in [-0.39, 0.29) is 10.8 Å². The van der Waals surface area contributed by atoms with Crippen LogP contribution in [0, 0.1) is 0 Å². The fourth-order valence-electron chi connectivity index (χ4n) is 0.863. The highest BCUT2D eigenvalue weighted by molar-refractivity contribution is 6.33. The zero-order chi connectivity index (χ0) is 13.1. The number of hydrazine groups is 1. The van der Waals surface area contributed by atoms with E-state index in [1.54, 1.807) is 0 Å². The lowest BCUT2D eigenvalue weighted by molar-refractivity contribution is -0.137. The predicted octanol–water partition coefficient (Wildman–Crippen LogP) is 2.01. The first kappa shape index (κ1) is 13.4. The molecular formula is C8H8ClF3N4O. The molecule has 0 radical (unpaired) electrons. The molecule has 0 aromatic carbocycles. The van der Waals surface area contributed by atoms with Gasteiger partial charge in [0.05, 0.1) is 10.6 Å². The number of alkyl halides is 3. The molecule has 94 valence electrons. The van der Waals surface area contributed by atoms with E-state index in [0.29, 0.717) is 12.3 Å².